The third-order valence-corrected chi connectivity index (χ3v) is 6.10. The molecule has 0 atom stereocenters. The number of hydrogen-bond donors (Lipinski definition) is 0. The Morgan fingerprint density at radius 3 is 3.00 bits per heavy atom. The summed E-state index contributed by atoms with van der Waals surface area (Å²) in [4.78, 5) is 9.48. The summed E-state index contributed by atoms with van der Waals surface area (Å²) in [5.41, 5.74) is 4.25. The van der Waals surface area contributed by atoms with Crippen molar-refractivity contribution in [1.29, 1.82) is 0 Å². The molecular weight excluding hydrogens is 329 g/mol. The molecule has 0 aliphatic heterocycles. The number of fused-ring (bicyclic) bond motifs is 6. The molecule has 6 heteroatoms. The number of rotatable bonds is 0. The van der Waals surface area contributed by atoms with E-state index in [1.807, 2.05) is 10.5 Å². The summed E-state index contributed by atoms with van der Waals surface area (Å²) in [6.07, 6.45) is 3.48. The van der Waals surface area contributed by atoms with Gasteiger partial charge in [0, 0.05) is 0 Å². The minimum absolute atomic E-state index is 0.127. The fraction of sp³-hybridized carbons (Fsp3) is 0.0667. The molecule has 4 aromatic heterocycles. The molecule has 5 rings (SSSR count). The quantitative estimate of drug-likeness (QED) is 0.407. The van der Waals surface area contributed by atoms with Crippen molar-refractivity contribution in [2.45, 2.75) is 6.92 Å². The average molecular weight is 338 g/mol. The minimum atomic E-state index is 0.127. The second-order valence-electron chi connectivity index (χ2n) is 5.02. The molecule has 0 saturated heterocycles. The standard InChI is InChI=1S/C15H9N5Se/c1-8-9-4-2-3-5-10(9)18-15-11(8)12-13(21-15)14-19-17-7-20(14)6-16-12/h2-7H,1H3. The van der Waals surface area contributed by atoms with Crippen LogP contribution in [0, 0.1) is 6.92 Å². The molecule has 0 aliphatic rings. The van der Waals surface area contributed by atoms with E-state index in [0.29, 0.717) is 0 Å². The molecule has 0 saturated carbocycles. The van der Waals surface area contributed by atoms with Crippen LogP contribution in [0.25, 0.3) is 36.1 Å². The van der Waals surface area contributed by atoms with E-state index < -0.39 is 0 Å². The van der Waals surface area contributed by atoms with E-state index in [2.05, 4.69) is 40.3 Å². The van der Waals surface area contributed by atoms with Crippen molar-refractivity contribution in [3.8, 4) is 0 Å². The number of aromatic nitrogens is 5. The van der Waals surface area contributed by atoms with Gasteiger partial charge < -0.3 is 0 Å². The van der Waals surface area contributed by atoms with E-state index in [9.17, 15) is 0 Å². The van der Waals surface area contributed by atoms with Crippen LogP contribution in [0.15, 0.2) is 36.9 Å². The second-order valence-corrected chi connectivity index (χ2v) is 7.12. The summed E-state index contributed by atoms with van der Waals surface area (Å²) >= 11 is 0.127. The Morgan fingerprint density at radius 2 is 2.05 bits per heavy atom. The van der Waals surface area contributed by atoms with Gasteiger partial charge in [-0.3, -0.25) is 0 Å². The van der Waals surface area contributed by atoms with Crippen LogP contribution in [0.3, 0.4) is 0 Å². The number of hydrogen-bond acceptors (Lipinski definition) is 4. The fourth-order valence-corrected chi connectivity index (χ4v) is 5.32. The van der Waals surface area contributed by atoms with Crippen LogP contribution in [0.1, 0.15) is 5.56 Å². The van der Waals surface area contributed by atoms with Crippen molar-refractivity contribution in [2.75, 3.05) is 0 Å². The normalized spacial score (nSPS) is 12.0. The van der Waals surface area contributed by atoms with Gasteiger partial charge in [-0.05, 0) is 0 Å². The third-order valence-electron chi connectivity index (χ3n) is 3.86. The first kappa shape index (κ1) is 11.4. The average Bonchev–Trinajstić information content (AvgIpc) is 3.10. The van der Waals surface area contributed by atoms with Crippen molar-refractivity contribution in [3.05, 3.63) is 42.5 Å². The maximum absolute atomic E-state index is 4.85. The number of para-hydroxylation sites is 1. The molecule has 1 aromatic carbocycles. The second kappa shape index (κ2) is 3.87. The molecular formula is C15H9N5Se. The van der Waals surface area contributed by atoms with Crippen LogP contribution in [-0.2, 0) is 0 Å². The van der Waals surface area contributed by atoms with Gasteiger partial charge in [0.2, 0.25) is 0 Å². The van der Waals surface area contributed by atoms with E-state index in [1.54, 1.807) is 12.7 Å². The van der Waals surface area contributed by atoms with Gasteiger partial charge in [0.1, 0.15) is 0 Å². The zero-order valence-corrected chi connectivity index (χ0v) is 12.8. The summed E-state index contributed by atoms with van der Waals surface area (Å²) < 4.78 is 4.21. The summed E-state index contributed by atoms with van der Waals surface area (Å²) in [5, 5.41) is 10.6. The molecule has 5 nitrogen and oxygen atoms in total. The van der Waals surface area contributed by atoms with Crippen LogP contribution in [0.5, 0.6) is 0 Å². The van der Waals surface area contributed by atoms with Gasteiger partial charge in [-0.2, -0.15) is 0 Å². The molecule has 0 spiro atoms. The Balaban J connectivity index is 2.11. The Labute approximate surface area is 125 Å². The number of benzene rings is 1. The van der Waals surface area contributed by atoms with Crippen LogP contribution < -0.4 is 0 Å². The van der Waals surface area contributed by atoms with Crippen molar-refractivity contribution in [1.82, 2.24) is 24.6 Å². The van der Waals surface area contributed by atoms with Gasteiger partial charge in [0.25, 0.3) is 0 Å². The Morgan fingerprint density at radius 1 is 1.14 bits per heavy atom. The van der Waals surface area contributed by atoms with Crippen LogP contribution in [0.2, 0.25) is 0 Å². The molecule has 5 aromatic rings. The first-order valence-corrected chi connectivity index (χ1v) is 8.30. The molecule has 4 heterocycles. The molecule has 0 aliphatic carbocycles. The predicted octanol–water partition coefficient (Wildman–Crippen LogP) is 2.34. The molecule has 100 valence electrons. The Kier molecular flexibility index (Phi) is 2.10. The van der Waals surface area contributed by atoms with E-state index in [1.165, 1.54) is 20.6 Å². The first-order chi connectivity index (χ1) is 10.3. The topological polar surface area (TPSA) is 56.0 Å². The van der Waals surface area contributed by atoms with Gasteiger partial charge in [-0.15, -0.1) is 0 Å². The predicted molar refractivity (Wildman–Crippen MR) is 82.8 cm³/mol. The number of aryl methyl sites for hydroxylation is 1. The van der Waals surface area contributed by atoms with Gasteiger partial charge in [-0.1, -0.05) is 0 Å². The fourth-order valence-electron chi connectivity index (χ4n) is 2.84. The maximum atomic E-state index is 4.85. The third kappa shape index (κ3) is 1.41. The van der Waals surface area contributed by atoms with E-state index >= 15 is 0 Å². The van der Waals surface area contributed by atoms with Crippen molar-refractivity contribution < 1.29 is 0 Å². The van der Waals surface area contributed by atoms with E-state index in [-0.39, 0.29) is 14.5 Å². The van der Waals surface area contributed by atoms with Gasteiger partial charge in [0.05, 0.1) is 0 Å². The summed E-state index contributed by atoms with van der Waals surface area (Å²) in [6.45, 7) is 2.16. The van der Waals surface area contributed by atoms with E-state index in [0.717, 1.165) is 21.1 Å². The van der Waals surface area contributed by atoms with Crippen LogP contribution in [0.4, 0.5) is 0 Å². The van der Waals surface area contributed by atoms with Gasteiger partial charge in [0.15, 0.2) is 0 Å². The van der Waals surface area contributed by atoms with Crippen molar-refractivity contribution >= 4 is 50.6 Å². The Hall–Kier alpha value is -2.30. The van der Waals surface area contributed by atoms with Gasteiger partial charge in [-0.25, -0.2) is 0 Å². The molecule has 0 fully saturated rings. The Bertz CT molecular complexity index is 1150. The van der Waals surface area contributed by atoms with Crippen molar-refractivity contribution in [3.63, 3.8) is 0 Å². The zero-order chi connectivity index (χ0) is 14.0. The first-order valence-electron chi connectivity index (χ1n) is 6.59. The molecule has 0 unspecified atom stereocenters. The SMILES string of the molecule is Cc1c2ccccc2nc2[se]c3c(ncn4cnnc34)c12. The number of pyridine rings is 1. The van der Waals surface area contributed by atoms with Crippen LogP contribution in [-0.4, -0.2) is 39.1 Å². The zero-order valence-electron chi connectivity index (χ0n) is 11.1. The summed E-state index contributed by atoms with van der Waals surface area (Å²) in [5.74, 6) is 0. The molecule has 0 radical (unpaired) electrons. The summed E-state index contributed by atoms with van der Waals surface area (Å²) in [7, 11) is 0. The van der Waals surface area contributed by atoms with Crippen molar-refractivity contribution in [2.24, 2.45) is 0 Å². The summed E-state index contributed by atoms with van der Waals surface area (Å²) in [6, 6.07) is 8.28. The molecule has 0 N–H and O–H groups in total. The molecule has 21 heavy (non-hydrogen) atoms. The monoisotopic (exact) mass is 339 g/mol. The molecule has 0 bridgehead atoms. The van der Waals surface area contributed by atoms with Gasteiger partial charge >= 0.3 is 125 Å². The van der Waals surface area contributed by atoms with Crippen LogP contribution >= 0.6 is 0 Å². The number of nitrogens with zero attached hydrogens (tertiary/aromatic N) is 5. The van der Waals surface area contributed by atoms with E-state index in [4.69, 9.17) is 4.98 Å². The molecule has 0 amide bonds.